The van der Waals surface area contributed by atoms with Crippen LogP contribution in [0, 0.1) is 16.9 Å². The summed E-state index contributed by atoms with van der Waals surface area (Å²) in [4.78, 5) is 11.5. The lowest BCUT2D eigenvalue weighted by atomic mass is 10.1. The number of aromatic amines is 1. The van der Waals surface area contributed by atoms with Crippen LogP contribution in [0.15, 0.2) is 28.9 Å². The maximum atomic E-state index is 11.5. The zero-order valence-electron chi connectivity index (χ0n) is 12.1. The van der Waals surface area contributed by atoms with E-state index in [9.17, 15) is 4.79 Å². The number of hydrogen-bond acceptors (Lipinski definition) is 7. The molecule has 10 heteroatoms. The molecule has 1 aromatic rings. The van der Waals surface area contributed by atoms with Gasteiger partial charge in [0.25, 0.3) is 0 Å². The van der Waals surface area contributed by atoms with Gasteiger partial charge in [0.1, 0.15) is 12.4 Å². The van der Waals surface area contributed by atoms with Gasteiger partial charge in [0.15, 0.2) is 0 Å². The molecule has 0 spiro atoms. The summed E-state index contributed by atoms with van der Waals surface area (Å²) in [6.07, 6.45) is 3.54. The number of ether oxygens (including phenoxy) is 1. The summed E-state index contributed by atoms with van der Waals surface area (Å²) < 4.78 is 5.52. The maximum absolute atomic E-state index is 11.5. The normalized spacial score (nSPS) is 14.6. The van der Waals surface area contributed by atoms with Gasteiger partial charge in [0.05, 0.1) is 5.57 Å². The van der Waals surface area contributed by atoms with Crippen molar-refractivity contribution in [1.82, 2.24) is 26.3 Å². The van der Waals surface area contributed by atoms with Gasteiger partial charge in [-0.1, -0.05) is 5.22 Å². The molecule has 1 aromatic heterocycles. The smallest absolute Gasteiger partial charge is 0.342 e. The van der Waals surface area contributed by atoms with Gasteiger partial charge in [-0.3, -0.25) is 10.4 Å². The lowest BCUT2D eigenvalue weighted by Gasteiger charge is -2.16. The van der Waals surface area contributed by atoms with Crippen LogP contribution in [0.4, 0.5) is 4.79 Å². The fourth-order valence-corrected chi connectivity index (χ4v) is 1.86. The van der Waals surface area contributed by atoms with Crippen LogP contribution < -0.4 is 20.8 Å². The predicted molar refractivity (Wildman–Crippen MR) is 77.4 cm³/mol. The van der Waals surface area contributed by atoms with E-state index in [1.54, 1.807) is 19.3 Å². The van der Waals surface area contributed by atoms with Crippen molar-refractivity contribution < 1.29 is 9.53 Å². The summed E-state index contributed by atoms with van der Waals surface area (Å²) >= 11 is 0. The SMILES string of the molecule is CN/C(NC(=O)NN=N)=C(/COc1cc[nH]n1)C(=N)C1CC1. The van der Waals surface area contributed by atoms with Crippen LogP contribution in [0.3, 0.4) is 0 Å². The molecular weight excluding hydrogens is 288 g/mol. The average molecular weight is 306 g/mol. The zero-order chi connectivity index (χ0) is 15.9. The first-order valence-electron chi connectivity index (χ1n) is 6.71. The number of rotatable bonds is 8. The molecule has 1 heterocycles. The maximum Gasteiger partial charge on any atom is 0.342 e. The fourth-order valence-electron chi connectivity index (χ4n) is 1.86. The van der Waals surface area contributed by atoms with Crippen LogP contribution in [0.1, 0.15) is 12.8 Å². The minimum absolute atomic E-state index is 0.0919. The highest BCUT2D eigenvalue weighted by atomic mass is 16.5. The molecule has 0 unspecified atom stereocenters. The van der Waals surface area contributed by atoms with E-state index >= 15 is 0 Å². The molecule has 10 nitrogen and oxygen atoms in total. The molecule has 0 aliphatic heterocycles. The largest absolute Gasteiger partial charge is 0.472 e. The van der Waals surface area contributed by atoms with E-state index in [2.05, 4.69) is 26.1 Å². The first-order valence-corrected chi connectivity index (χ1v) is 6.71. The number of amides is 2. The Morgan fingerprint density at radius 2 is 2.36 bits per heavy atom. The first kappa shape index (κ1) is 15.5. The Morgan fingerprint density at radius 1 is 1.59 bits per heavy atom. The molecular formula is C12H18N8O2. The Bertz CT molecular complexity index is 576. The molecule has 0 aromatic carbocycles. The minimum Gasteiger partial charge on any atom is -0.472 e. The standard InChI is InChI=1S/C12H18N8O2/c1-15-11(17-12(21)19-20-14)8(10(13)7-2-3-7)6-22-9-4-5-16-18-9/h4-5,7,13,15H,2-3,6H2,1H3,(H,16,18)(H3,14,17,19,21)/b11-8+,13-10?. The lowest BCUT2D eigenvalue weighted by Crippen LogP contribution is -2.38. The Hall–Kier alpha value is -2.91. The van der Waals surface area contributed by atoms with Gasteiger partial charge in [-0.05, 0) is 12.8 Å². The number of nitrogens with zero attached hydrogens (tertiary/aromatic N) is 2. The van der Waals surface area contributed by atoms with Crippen molar-refractivity contribution in [1.29, 1.82) is 10.9 Å². The number of hydrogen-bond donors (Lipinski definition) is 6. The van der Waals surface area contributed by atoms with E-state index in [4.69, 9.17) is 15.7 Å². The zero-order valence-corrected chi connectivity index (χ0v) is 12.1. The second kappa shape index (κ2) is 7.20. The molecule has 118 valence electrons. The predicted octanol–water partition coefficient (Wildman–Crippen LogP) is 0.894. The van der Waals surface area contributed by atoms with Crippen molar-refractivity contribution in [3.05, 3.63) is 23.7 Å². The van der Waals surface area contributed by atoms with E-state index in [-0.39, 0.29) is 12.5 Å². The number of carbonyl (C=O) groups excluding carboxylic acids is 1. The van der Waals surface area contributed by atoms with Gasteiger partial charge in [0, 0.05) is 30.9 Å². The number of nitrogens with one attached hydrogen (secondary N) is 6. The molecule has 6 N–H and O–H groups in total. The molecule has 0 bridgehead atoms. The molecule has 2 amide bonds. The van der Waals surface area contributed by atoms with E-state index in [0.29, 0.717) is 23.0 Å². The quantitative estimate of drug-likeness (QED) is 0.240. The highest BCUT2D eigenvalue weighted by molar-refractivity contribution is 6.02. The van der Waals surface area contributed by atoms with Gasteiger partial charge >= 0.3 is 6.03 Å². The Kier molecular flexibility index (Phi) is 5.07. The topological polar surface area (TPSA) is 151 Å². The summed E-state index contributed by atoms with van der Waals surface area (Å²) in [5.74, 6) is 0.933. The highest BCUT2D eigenvalue weighted by Crippen LogP contribution is 2.33. The molecule has 0 saturated heterocycles. The summed E-state index contributed by atoms with van der Waals surface area (Å²) in [6.45, 7) is 0.0919. The van der Waals surface area contributed by atoms with Crippen molar-refractivity contribution in [3.63, 3.8) is 0 Å². The van der Waals surface area contributed by atoms with Crippen molar-refractivity contribution in [3.8, 4) is 5.88 Å². The van der Waals surface area contributed by atoms with Crippen LogP contribution in [-0.2, 0) is 0 Å². The summed E-state index contributed by atoms with van der Waals surface area (Å²) in [5.41, 5.74) is 9.53. The van der Waals surface area contributed by atoms with Gasteiger partial charge < -0.3 is 15.5 Å². The van der Waals surface area contributed by atoms with E-state index in [1.807, 2.05) is 5.43 Å². The molecule has 0 atom stereocenters. The highest BCUT2D eigenvalue weighted by Gasteiger charge is 2.30. The van der Waals surface area contributed by atoms with Gasteiger partial charge in [-0.25, -0.2) is 10.2 Å². The fraction of sp³-hybridized carbons (Fsp3) is 0.417. The first-order chi connectivity index (χ1) is 10.7. The van der Waals surface area contributed by atoms with Crippen LogP contribution in [0.25, 0.3) is 0 Å². The van der Waals surface area contributed by atoms with Gasteiger partial charge in [0.2, 0.25) is 5.88 Å². The summed E-state index contributed by atoms with van der Waals surface area (Å²) in [6, 6.07) is 0.997. The molecule has 1 fully saturated rings. The lowest BCUT2D eigenvalue weighted by molar-refractivity contribution is 0.242. The second-order valence-corrected chi connectivity index (χ2v) is 4.67. The third-order valence-electron chi connectivity index (χ3n) is 3.10. The Balaban J connectivity index is 2.15. The Labute approximate surface area is 126 Å². The molecule has 22 heavy (non-hydrogen) atoms. The van der Waals surface area contributed by atoms with Gasteiger partial charge in [-0.2, -0.15) is 5.53 Å². The van der Waals surface area contributed by atoms with Crippen molar-refractivity contribution in [2.45, 2.75) is 12.8 Å². The molecule has 0 radical (unpaired) electrons. The number of H-pyrrole nitrogens is 1. The van der Waals surface area contributed by atoms with E-state index in [0.717, 1.165) is 12.8 Å². The minimum atomic E-state index is -0.666. The van der Waals surface area contributed by atoms with Crippen molar-refractivity contribution >= 4 is 11.7 Å². The van der Waals surface area contributed by atoms with E-state index in [1.165, 1.54) is 0 Å². The Morgan fingerprint density at radius 3 is 2.91 bits per heavy atom. The third kappa shape index (κ3) is 4.04. The van der Waals surface area contributed by atoms with Gasteiger partial charge in [-0.15, -0.1) is 5.10 Å². The summed E-state index contributed by atoms with van der Waals surface area (Å²) in [7, 11) is 1.63. The molecule has 1 aliphatic carbocycles. The van der Waals surface area contributed by atoms with Crippen LogP contribution >= 0.6 is 0 Å². The average Bonchev–Trinajstić information content (AvgIpc) is 3.23. The van der Waals surface area contributed by atoms with Crippen LogP contribution in [0.5, 0.6) is 5.88 Å². The van der Waals surface area contributed by atoms with Crippen LogP contribution in [-0.4, -0.2) is 35.6 Å². The third-order valence-corrected chi connectivity index (χ3v) is 3.10. The molecule has 1 aliphatic rings. The van der Waals surface area contributed by atoms with Crippen molar-refractivity contribution in [2.75, 3.05) is 13.7 Å². The number of urea groups is 1. The molecule has 2 rings (SSSR count). The second-order valence-electron chi connectivity index (χ2n) is 4.67. The monoisotopic (exact) mass is 306 g/mol. The number of aromatic nitrogens is 2. The van der Waals surface area contributed by atoms with Crippen LogP contribution in [0.2, 0.25) is 0 Å². The summed E-state index contributed by atoms with van der Waals surface area (Å²) in [5, 5.41) is 22.9. The number of carbonyl (C=O) groups is 1. The van der Waals surface area contributed by atoms with Crippen molar-refractivity contribution in [2.24, 2.45) is 11.1 Å². The molecule has 1 saturated carbocycles. The van der Waals surface area contributed by atoms with E-state index < -0.39 is 6.03 Å².